The summed E-state index contributed by atoms with van der Waals surface area (Å²) in [5.41, 5.74) is 5.20. The van der Waals surface area contributed by atoms with Crippen LogP contribution in [0.2, 0.25) is 0 Å². The van der Waals surface area contributed by atoms with Gasteiger partial charge in [0.2, 0.25) is 0 Å². The van der Waals surface area contributed by atoms with Gasteiger partial charge in [-0.1, -0.05) is 0 Å². The van der Waals surface area contributed by atoms with Crippen LogP contribution in [-0.4, -0.2) is 25.3 Å². The van der Waals surface area contributed by atoms with Gasteiger partial charge in [-0.2, -0.15) is 0 Å². The maximum Gasteiger partial charge on any atom is 0.328 e. The van der Waals surface area contributed by atoms with Crippen molar-refractivity contribution in [2.75, 3.05) is 14.2 Å². The fraction of sp³-hybridized carbons (Fsp3) is 0.462. The molecular weight excluding hydrogens is 234 g/mol. The molecule has 0 spiro atoms. The molecule has 98 valence electrons. The van der Waals surface area contributed by atoms with Gasteiger partial charge in [0.15, 0.2) is 0 Å². The number of carboxylic acid groups (broad SMARTS) is 1. The molecular formula is C13H17NO4. The molecule has 1 aliphatic carbocycles. The summed E-state index contributed by atoms with van der Waals surface area (Å²) < 4.78 is 10.3. The second kappa shape index (κ2) is 4.49. The van der Waals surface area contributed by atoms with E-state index in [1.165, 1.54) is 14.2 Å². The molecule has 1 atom stereocenters. The van der Waals surface area contributed by atoms with Crippen molar-refractivity contribution >= 4 is 5.97 Å². The van der Waals surface area contributed by atoms with E-state index in [0.717, 1.165) is 12.8 Å². The largest absolute Gasteiger partial charge is 0.497 e. The van der Waals surface area contributed by atoms with E-state index in [0.29, 0.717) is 17.1 Å². The summed E-state index contributed by atoms with van der Waals surface area (Å²) in [7, 11) is 3.03. The Bertz CT molecular complexity index is 470. The minimum Gasteiger partial charge on any atom is -0.497 e. The first-order valence-electron chi connectivity index (χ1n) is 5.78. The zero-order chi connectivity index (χ0) is 13.3. The molecule has 2 rings (SSSR count). The minimum atomic E-state index is -1.40. The lowest BCUT2D eigenvalue weighted by atomic mass is 9.85. The van der Waals surface area contributed by atoms with Crippen LogP contribution in [0.1, 0.15) is 18.4 Å². The Morgan fingerprint density at radius 2 is 2.06 bits per heavy atom. The number of aliphatic carboxylic acids is 1. The maximum absolute atomic E-state index is 11.5. The molecule has 1 saturated carbocycles. The number of nitrogens with two attached hydrogens (primary N) is 1. The average Bonchev–Trinajstić information content (AvgIpc) is 3.21. The first-order chi connectivity index (χ1) is 8.53. The lowest BCUT2D eigenvalue weighted by molar-refractivity contribution is -0.144. The lowest BCUT2D eigenvalue weighted by Crippen LogP contribution is -2.47. The average molecular weight is 251 g/mol. The van der Waals surface area contributed by atoms with Gasteiger partial charge >= 0.3 is 5.97 Å². The fourth-order valence-electron chi connectivity index (χ4n) is 2.19. The first-order valence-corrected chi connectivity index (χ1v) is 5.78. The second-order valence-electron chi connectivity index (χ2n) is 4.51. The number of hydrogen-bond acceptors (Lipinski definition) is 4. The van der Waals surface area contributed by atoms with Crippen molar-refractivity contribution in [3.63, 3.8) is 0 Å². The Hall–Kier alpha value is -1.75. The van der Waals surface area contributed by atoms with Gasteiger partial charge in [0.1, 0.15) is 17.0 Å². The molecule has 0 bridgehead atoms. The standard InChI is InChI=1S/C13H17NO4/c1-17-9-5-6-11(18-2)10(7-9)13(14,12(15)16)8-3-4-8/h5-8H,3-4,14H2,1-2H3,(H,15,16). The predicted molar refractivity (Wildman–Crippen MR) is 65.8 cm³/mol. The summed E-state index contributed by atoms with van der Waals surface area (Å²) in [4.78, 5) is 11.5. The SMILES string of the molecule is COc1ccc(OC)c(C(N)(C(=O)O)C2CC2)c1. The lowest BCUT2D eigenvalue weighted by Gasteiger charge is -2.27. The molecule has 18 heavy (non-hydrogen) atoms. The molecule has 0 saturated heterocycles. The quantitative estimate of drug-likeness (QED) is 0.825. The zero-order valence-electron chi connectivity index (χ0n) is 10.5. The summed E-state index contributed by atoms with van der Waals surface area (Å²) in [6.45, 7) is 0. The monoisotopic (exact) mass is 251 g/mol. The van der Waals surface area contributed by atoms with Gasteiger partial charge in [-0.25, -0.2) is 4.79 Å². The summed E-state index contributed by atoms with van der Waals surface area (Å²) in [6, 6.07) is 5.05. The predicted octanol–water partition coefficient (Wildman–Crippen LogP) is 1.35. The normalized spacial score (nSPS) is 17.9. The third kappa shape index (κ3) is 1.90. The van der Waals surface area contributed by atoms with Gasteiger partial charge in [0.25, 0.3) is 0 Å². The topological polar surface area (TPSA) is 81.8 Å². The molecule has 3 N–H and O–H groups in total. The Kier molecular flexibility index (Phi) is 3.17. The summed E-state index contributed by atoms with van der Waals surface area (Å²) in [5.74, 6) is -0.0253. The van der Waals surface area contributed by atoms with Crippen LogP contribution in [0.5, 0.6) is 11.5 Å². The number of carbonyl (C=O) groups is 1. The smallest absolute Gasteiger partial charge is 0.328 e. The van der Waals surface area contributed by atoms with Gasteiger partial charge in [0.05, 0.1) is 14.2 Å². The number of rotatable bonds is 5. The van der Waals surface area contributed by atoms with Gasteiger partial charge in [0, 0.05) is 5.56 Å². The molecule has 1 aromatic carbocycles. The van der Waals surface area contributed by atoms with Gasteiger partial charge in [-0.05, 0) is 37.0 Å². The van der Waals surface area contributed by atoms with Crippen molar-refractivity contribution in [3.8, 4) is 11.5 Å². The van der Waals surface area contributed by atoms with E-state index in [-0.39, 0.29) is 5.92 Å². The van der Waals surface area contributed by atoms with Crippen molar-refractivity contribution in [2.24, 2.45) is 11.7 Å². The highest BCUT2D eigenvalue weighted by Gasteiger charge is 2.51. The molecule has 1 aliphatic rings. The second-order valence-corrected chi connectivity index (χ2v) is 4.51. The van der Waals surface area contributed by atoms with E-state index in [4.69, 9.17) is 15.2 Å². The third-order valence-electron chi connectivity index (χ3n) is 3.43. The molecule has 5 nitrogen and oxygen atoms in total. The van der Waals surface area contributed by atoms with E-state index in [2.05, 4.69) is 0 Å². The molecule has 0 aromatic heterocycles. The Morgan fingerprint density at radius 1 is 1.39 bits per heavy atom. The highest BCUT2D eigenvalue weighted by Crippen LogP contribution is 2.47. The molecule has 0 radical (unpaired) electrons. The number of methoxy groups -OCH3 is 2. The van der Waals surface area contributed by atoms with Crippen LogP contribution in [0.4, 0.5) is 0 Å². The van der Waals surface area contributed by atoms with Crippen molar-refractivity contribution in [3.05, 3.63) is 23.8 Å². The zero-order valence-corrected chi connectivity index (χ0v) is 10.5. The van der Waals surface area contributed by atoms with Crippen molar-refractivity contribution in [1.82, 2.24) is 0 Å². The summed E-state index contributed by atoms with van der Waals surface area (Å²) in [5, 5.41) is 9.46. The molecule has 1 aromatic rings. The number of benzene rings is 1. The van der Waals surface area contributed by atoms with E-state index in [1.807, 2.05) is 0 Å². The Labute approximate surface area is 106 Å². The van der Waals surface area contributed by atoms with E-state index in [9.17, 15) is 9.90 Å². The Balaban J connectivity index is 2.55. The molecule has 1 unspecified atom stereocenters. The highest BCUT2D eigenvalue weighted by molar-refractivity contribution is 5.83. The fourth-order valence-corrected chi connectivity index (χ4v) is 2.19. The maximum atomic E-state index is 11.5. The van der Waals surface area contributed by atoms with Crippen LogP contribution >= 0.6 is 0 Å². The van der Waals surface area contributed by atoms with Gasteiger partial charge < -0.3 is 20.3 Å². The molecule has 0 aliphatic heterocycles. The Morgan fingerprint density at radius 3 is 2.50 bits per heavy atom. The van der Waals surface area contributed by atoms with Gasteiger partial charge in [-0.15, -0.1) is 0 Å². The van der Waals surface area contributed by atoms with E-state index in [1.54, 1.807) is 18.2 Å². The van der Waals surface area contributed by atoms with Crippen LogP contribution < -0.4 is 15.2 Å². The third-order valence-corrected chi connectivity index (χ3v) is 3.43. The summed E-state index contributed by atoms with van der Waals surface area (Å²) in [6.07, 6.45) is 1.65. The van der Waals surface area contributed by atoms with Crippen LogP contribution in [0.3, 0.4) is 0 Å². The van der Waals surface area contributed by atoms with E-state index < -0.39 is 11.5 Å². The van der Waals surface area contributed by atoms with Crippen molar-refractivity contribution in [1.29, 1.82) is 0 Å². The van der Waals surface area contributed by atoms with Crippen LogP contribution in [0, 0.1) is 5.92 Å². The van der Waals surface area contributed by atoms with Crippen LogP contribution in [-0.2, 0) is 10.3 Å². The number of carboxylic acids is 1. The molecule has 0 heterocycles. The summed E-state index contributed by atoms with van der Waals surface area (Å²) >= 11 is 0. The minimum absolute atomic E-state index is 0.0454. The first kappa shape index (κ1) is 12.7. The van der Waals surface area contributed by atoms with Crippen molar-refractivity contribution < 1.29 is 19.4 Å². The molecule has 1 fully saturated rings. The van der Waals surface area contributed by atoms with Gasteiger partial charge in [-0.3, -0.25) is 0 Å². The highest BCUT2D eigenvalue weighted by atomic mass is 16.5. The van der Waals surface area contributed by atoms with Crippen LogP contribution in [0.15, 0.2) is 18.2 Å². The number of ether oxygens (including phenoxy) is 2. The van der Waals surface area contributed by atoms with E-state index >= 15 is 0 Å². The number of hydrogen-bond donors (Lipinski definition) is 2. The van der Waals surface area contributed by atoms with Crippen LogP contribution in [0.25, 0.3) is 0 Å². The molecule has 5 heteroatoms. The molecule has 0 amide bonds. The van der Waals surface area contributed by atoms with Crippen molar-refractivity contribution in [2.45, 2.75) is 18.4 Å².